The number of fused-ring (bicyclic) bond motifs is 1. The first-order chi connectivity index (χ1) is 6.81. The van der Waals surface area contributed by atoms with E-state index in [0.29, 0.717) is 17.3 Å². The number of carbonyl (C=O) groups is 1. The summed E-state index contributed by atoms with van der Waals surface area (Å²) in [4.78, 5) is 11.1. The SMILES string of the molecule is NCCCCC1SCC2NC(=O)NC21. The Kier molecular flexibility index (Phi) is 3.18. The van der Waals surface area contributed by atoms with Gasteiger partial charge in [0.15, 0.2) is 0 Å². The minimum absolute atomic E-state index is 0.00382. The first-order valence-corrected chi connectivity index (χ1v) is 6.25. The van der Waals surface area contributed by atoms with Crippen LogP contribution in [0.25, 0.3) is 0 Å². The molecule has 2 heterocycles. The molecule has 5 heteroatoms. The number of hydrogen-bond acceptors (Lipinski definition) is 3. The Bertz CT molecular complexity index is 224. The molecule has 2 rings (SSSR count). The summed E-state index contributed by atoms with van der Waals surface area (Å²) >= 11 is 1.97. The highest BCUT2D eigenvalue weighted by atomic mass is 32.2. The third kappa shape index (κ3) is 1.98. The van der Waals surface area contributed by atoms with Gasteiger partial charge in [-0.15, -0.1) is 0 Å². The highest BCUT2D eigenvalue weighted by Gasteiger charge is 2.42. The van der Waals surface area contributed by atoms with Gasteiger partial charge in [0.2, 0.25) is 0 Å². The Hall–Kier alpha value is -0.420. The van der Waals surface area contributed by atoms with Gasteiger partial charge in [-0.1, -0.05) is 6.42 Å². The van der Waals surface area contributed by atoms with Gasteiger partial charge in [-0.3, -0.25) is 0 Å². The number of unbranched alkanes of at least 4 members (excludes halogenated alkanes) is 1. The van der Waals surface area contributed by atoms with Gasteiger partial charge in [0.05, 0.1) is 12.1 Å². The van der Waals surface area contributed by atoms with Gasteiger partial charge >= 0.3 is 6.03 Å². The number of thioether (sulfide) groups is 1. The normalized spacial score (nSPS) is 35.2. The predicted molar refractivity (Wildman–Crippen MR) is 58.4 cm³/mol. The van der Waals surface area contributed by atoms with Crippen molar-refractivity contribution >= 4 is 17.8 Å². The highest BCUT2D eigenvalue weighted by Crippen LogP contribution is 2.32. The van der Waals surface area contributed by atoms with Gasteiger partial charge in [-0.05, 0) is 19.4 Å². The van der Waals surface area contributed by atoms with Crippen molar-refractivity contribution in [2.45, 2.75) is 36.6 Å². The minimum Gasteiger partial charge on any atom is -0.332 e. The minimum atomic E-state index is 0.00382. The predicted octanol–water partition coefficient (Wildman–Crippen LogP) is 0.281. The summed E-state index contributed by atoms with van der Waals surface area (Å²) in [7, 11) is 0. The smallest absolute Gasteiger partial charge is 0.315 e. The van der Waals surface area contributed by atoms with E-state index in [-0.39, 0.29) is 6.03 Å². The molecule has 0 spiro atoms. The molecule has 0 aromatic carbocycles. The van der Waals surface area contributed by atoms with Crippen molar-refractivity contribution in [1.29, 1.82) is 0 Å². The van der Waals surface area contributed by atoms with Gasteiger partial charge in [-0.25, -0.2) is 4.79 Å². The zero-order valence-corrected chi connectivity index (χ0v) is 8.98. The molecule has 2 fully saturated rings. The van der Waals surface area contributed by atoms with E-state index in [1.54, 1.807) is 0 Å². The summed E-state index contributed by atoms with van der Waals surface area (Å²) in [5.41, 5.74) is 5.45. The van der Waals surface area contributed by atoms with Crippen molar-refractivity contribution < 1.29 is 4.79 Å². The summed E-state index contributed by atoms with van der Waals surface area (Å²) < 4.78 is 0. The Labute approximate surface area is 88.4 Å². The number of nitrogens with one attached hydrogen (secondary N) is 2. The quantitative estimate of drug-likeness (QED) is 0.466. The molecule has 2 amide bonds. The van der Waals surface area contributed by atoms with Gasteiger partial charge in [0.25, 0.3) is 0 Å². The van der Waals surface area contributed by atoms with Crippen LogP contribution in [0.2, 0.25) is 0 Å². The Morgan fingerprint density at radius 2 is 2.29 bits per heavy atom. The third-order valence-corrected chi connectivity index (χ3v) is 4.39. The second-order valence-electron chi connectivity index (χ2n) is 3.91. The van der Waals surface area contributed by atoms with Crippen molar-refractivity contribution in [1.82, 2.24) is 10.6 Å². The number of urea groups is 1. The van der Waals surface area contributed by atoms with Crippen LogP contribution in [0.4, 0.5) is 4.79 Å². The van der Waals surface area contributed by atoms with Crippen molar-refractivity contribution in [3.8, 4) is 0 Å². The van der Waals surface area contributed by atoms with Crippen LogP contribution in [-0.4, -0.2) is 35.7 Å². The van der Waals surface area contributed by atoms with Crippen molar-refractivity contribution in [3.63, 3.8) is 0 Å². The van der Waals surface area contributed by atoms with Crippen molar-refractivity contribution in [2.24, 2.45) is 5.73 Å². The topological polar surface area (TPSA) is 67.1 Å². The van der Waals surface area contributed by atoms with Gasteiger partial charge < -0.3 is 16.4 Å². The monoisotopic (exact) mass is 215 g/mol. The van der Waals surface area contributed by atoms with Crippen molar-refractivity contribution in [3.05, 3.63) is 0 Å². The summed E-state index contributed by atoms with van der Waals surface area (Å²) in [5.74, 6) is 1.05. The summed E-state index contributed by atoms with van der Waals surface area (Å²) in [5, 5.41) is 6.52. The Morgan fingerprint density at radius 1 is 1.43 bits per heavy atom. The number of rotatable bonds is 4. The second kappa shape index (κ2) is 4.40. The molecular weight excluding hydrogens is 198 g/mol. The number of amides is 2. The second-order valence-corrected chi connectivity index (χ2v) is 5.18. The number of carbonyl (C=O) groups excluding carboxylic acids is 1. The molecule has 4 nitrogen and oxygen atoms in total. The van der Waals surface area contributed by atoms with E-state index in [9.17, 15) is 4.79 Å². The fourth-order valence-corrected chi connectivity index (χ4v) is 3.68. The van der Waals surface area contributed by atoms with E-state index in [1.165, 1.54) is 12.8 Å². The third-order valence-electron chi connectivity index (χ3n) is 2.88. The standard InChI is InChI=1S/C9H17N3OS/c10-4-2-1-3-7-8-6(5-14-7)11-9(13)12-8/h6-8H,1-5,10H2,(H2,11,12,13). The molecule has 14 heavy (non-hydrogen) atoms. The molecule has 4 N–H and O–H groups in total. The first-order valence-electron chi connectivity index (χ1n) is 5.20. The van der Waals surface area contributed by atoms with Gasteiger partial charge in [0, 0.05) is 11.0 Å². The number of nitrogens with two attached hydrogens (primary N) is 1. The van der Waals surface area contributed by atoms with Crippen LogP contribution >= 0.6 is 11.8 Å². The molecule has 2 aliphatic heterocycles. The first kappa shape index (κ1) is 10.1. The lowest BCUT2D eigenvalue weighted by molar-refractivity contribution is 0.247. The molecule has 2 aliphatic rings. The zero-order chi connectivity index (χ0) is 9.97. The van der Waals surface area contributed by atoms with E-state index >= 15 is 0 Å². The molecule has 80 valence electrons. The maximum atomic E-state index is 11.1. The summed E-state index contributed by atoms with van der Waals surface area (Å²) in [6, 6.07) is 0.713. The summed E-state index contributed by atoms with van der Waals surface area (Å²) in [6.45, 7) is 0.774. The number of hydrogen-bond donors (Lipinski definition) is 3. The average molecular weight is 215 g/mol. The average Bonchev–Trinajstić information content (AvgIpc) is 2.66. The molecular formula is C9H17N3OS. The maximum absolute atomic E-state index is 11.1. The molecule has 0 bridgehead atoms. The highest BCUT2D eigenvalue weighted by molar-refractivity contribution is 8.00. The van der Waals surface area contributed by atoms with Crippen LogP contribution in [0.15, 0.2) is 0 Å². The zero-order valence-electron chi connectivity index (χ0n) is 8.16. The Balaban J connectivity index is 1.80. The van der Waals surface area contributed by atoms with Gasteiger partial charge in [0.1, 0.15) is 0 Å². The molecule has 3 unspecified atom stereocenters. The Morgan fingerprint density at radius 3 is 3.07 bits per heavy atom. The van der Waals surface area contributed by atoms with E-state index < -0.39 is 0 Å². The lowest BCUT2D eigenvalue weighted by Crippen LogP contribution is -2.36. The van der Waals surface area contributed by atoms with Crippen LogP contribution in [0.3, 0.4) is 0 Å². The fourth-order valence-electron chi connectivity index (χ4n) is 2.13. The lowest BCUT2D eigenvalue weighted by atomic mass is 10.0. The van der Waals surface area contributed by atoms with E-state index in [4.69, 9.17) is 5.73 Å². The fraction of sp³-hybridized carbons (Fsp3) is 0.889. The molecule has 0 saturated carbocycles. The summed E-state index contributed by atoms with van der Waals surface area (Å²) in [6.07, 6.45) is 3.44. The van der Waals surface area contributed by atoms with E-state index in [1.807, 2.05) is 11.8 Å². The molecule has 3 atom stereocenters. The molecule has 0 aliphatic carbocycles. The lowest BCUT2D eigenvalue weighted by Gasteiger charge is -2.16. The van der Waals surface area contributed by atoms with Crippen LogP contribution < -0.4 is 16.4 Å². The van der Waals surface area contributed by atoms with Crippen LogP contribution in [0.5, 0.6) is 0 Å². The van der Waals surface area contributed by atoms with E-state index in [0.717, 1.165) is 18.7 Å². The maximum Gasteiger partial charge on any atom is 0.315 e. The van der Waals surface area contributed by atoms with E-state index in [2.05, 4.69) is 10.6 Å². The largest absolute Gasteiger partial charge is 0.332 e. The van der Waals surface area contributed by atoms with Gasteiger partial charge in [-0.2, -0.15) is 11.8 Å². The molecule has 0 aromatic heterocycles. The van der Waals surface area contributed by atoms with Crippen LogP contribution in [0, 0.1) is 0 Å². The van der Waals surface area contributed by atoms with Crippen LogP contribution in [0.1, 0.15) is 19.3 Å². The molecule has 0 aromatic rings. The molecule has 0 radical (unpaired) electrons. The molecule has 2 saturated heterocycles. The van der Waals surface area contributed by atoms with Crippen LogP contribution in [-0.2, 0) is 0 Å². The van der Waals surface area contributed by atoms with Crippen molar-refractivity contribution in [2.75, 3.05) is 12.3 Å².